The Hall–Kier alpha value is -1.84. The zero-order valence-corrected chi connectivity index (χ0v) is 13.5. The normalized spacial score (nSPS) is 51.7. The van der Waals surface area contributed by atoms with E-state index < -0.39 is 5.92 Å². The second-order valence-corrected chi connectivity index (χ2v) is 9.00. The Bertz CT molecular complexity index is 865. The Morgan fingerprint density at radius 3 is 2.92 bits per heavy atom. The van der Waals surface area contributed by atoms with Gasteiger partial charge in [0.2, 0.25) is 5.91 Å². The van der Waals surface area contributed by atoms with Gasteiger partial charge in [-0.25, -0.2) is 0 Å². The molecule has 3 aliphatic heterocycles. The second kappa shape index (κ2) is 3.29. The van der Waals surface area contributed by atoms with Crippen molar-refractivity contribution in [1.82, 2.24) is 4.90 Å². The van der Waals surface area contributed by atoms with Gasteiger partial charge in [-0.3, -0.25) is 9.59 Å². The molecule has 6 atom stereocenters. The predicted octanol–water partition coefficient (Wildman–Crippen LogP) is 2.09. The van der Waals surface area contributed by atoms with Gasteiger partial charge >= 0.3 is 0 Å². The van der Waals surface area contributed by atoms with Crippen LogP contribution in [-0.4, -0.2) is 34.7 Å². The number of nitrogens with zero attached hydrogens (tertiary/aromatic N) is 1. The summed E-state index contributed by atoms with van der Waals surface area (Å²) in [6, 6.07) is 8.74. The van der Waals surface area contributed by atoms with Crippen LogP contribution in [0.3, 0.4) is 0 Å². The third-order valence-electron chi connectivity index (χ3n) is 8.70. The third-order valence-corrected chi connectivity index (χ3v) is 8.70. The summed E-state index contributed by atoms with van der Waals surface area (Å²) in [7, 11) is 0. The maximum absolute atomic E-state index is 13.4. The number of hydrogen-bond donors (Lipinski definition) is 1. The number of carbonyl (C=O) groups excluding carboxylic acids is 2. The van der Waals surface area contributed by atoms with Crippen LogP contribution in [0.15, 0.2) is 24.3 Å². The molecule has 4 bridgehead atoms. The summed E-state index contributed by atoms with van der Waals surface area (Å²) in [5.74, 6) is -0.00736. The molecule has 4 aliphatic carbocycles. The molecule has 4 saturated carbocycles. The highest BCUT2D eigenvalue weighted by Gasteiger charge is 2.88. The number of fused-ring (bicyclic) bond motifs is 2. The van der Waals surface area contributed by atoms with Crippen molar-refractivity contribution in [1.29, 1.82) is 0 Å². The van der Waals surface area contributed by atoms with E-state index in [2.05, 4.69) is 34.5 Å². The van der Waals surface area contributed by atoms with Crippen molar-refractivity contribution in [3.05, 3.63) is 29.8 Å². The molecule has 2 saturated heterocycles. The molecule has 6 fully saturated rings. The maximum Gasteiger partial charge on any atom is 0.234 e. The number of amides is 1. The number of carbonyl (C=O) groups is 2. The highest BCUT2D eigenvalue weighted by molar-refractivity contribution is 6.12. The van der Waals surface area contributed by atoms with E-state index >= 15 is 0 Å². The minimum absolute atomic E-state index is 0.0316. The molecule has 3 spiro atoms. The van der Waals surface area contributed by atoms with Crippen LogP contribution in [0.1, 0.15) is 37.7 Å². The lowest BCUT2D eigenvalue weighted by Crippen LogP contribution is -2.74. The van der Waals surface area contributed by atoms with Gasteiger partial charge in [0.15, 0.2) is 5.78 Å². The second-order valence-electron chi connectivity index (χ2n) is 9.00. The van der Waals surface area contributed by atoms with Crippen molar-refractivity contribution in [2.45, 2.75) is 49.1 Å². The van der Waals surface area contributed by atoms with Crippen LogP contribution in [0.2, 0.25) is 0 Å². The van der Waals surface area contributed by atoms with Crippen molar-refractivity contribution in [2.24, 2.45) is 17.3 Å². The topological polar surface area (TPSA) is 49.4 Å². The first-order chi connectivity index (χ1) is 11.7. The van der Waals surface area contributed by atoms with E-state index in [9.17, 15) is 9.59 Å². The fourth-order valence-electron chi connectivity index (χ4n) is 8.34. The first kappa shape index (κ1) is 12.5. The van der Waals surface area contributed by atoms with Crippen LogP contribution in [0, 0.1) is 17.3 Å². The van der Waals surface area contributed by atoms with Crippen LogP contribution in [0.5, 0.6) is 0 Å². The minimum Gasteiger partial charge on any atom is -0.378 e. The quantitative estimate of drug-likeness (QED) is 0.745. The summed E-state index contributed by atoms with van der Waals surface area (Å²) in [4.78, 5) is 28.9. The average Bonchev–Trinajstić information content (AvgIpc) is 3.10. The monoisotopic (exact) mass is 320 g/mol. The summed E-state index contributed by atoms with van der Waals surface area (Å²) in [6.45, 7) is 0.847. The summed E-state index contributed by atoms with van der Waals surface area (Å²) in [5.41, 5.74) is 2.13. The number of rotatable bonds is 0. The fourth-order valence-corrected chi connectivity index (χ4v) is 8.34. The van der Waals surface area contributed by atoms with Crippen LogP contribution in [0.25, 0.3) is 0 Å². The molecular formula is C20H20N2O2. The molecule has 122 valence electrons. The molecule has 6 unspecified atom stereocenters. The van der Waals surface area contributed by atoms with Crippen molar-refractivity contribution in [3.8, 4) is 0 Å². The Labute approximate surface area is 140 Å². The molecule has 4 heteroatoms. The molecule has 4 nitrogen and oxygen atoms in total. The lowest BCUT2D eigenvalue weighted by Gasteiger charge is -2.66. The van der Waals surface area contributed by atoms with Crippen molar-refractivity contribution in [2.75, 3.05) is 11.9 Å². The number of ketones is 1. The number of benzene rings is 1. The maximum atomic E-state index is 13.4. The Morgan fingerprint density at radius 1 is 1.12 bits per heavy atom. The van der Waals surface area contributed by atoms with Crippen LogP contribution < -0.4 is 5.32 Å². The van der Waals surface area contributed by atoms with Crippen molar-refractivity contribution >= 4 is 17.4 Å². The Balaban J connectivity index is 1.66. The van der Waals surface area contributed by atoms with Crippen molar-refractivity contribution in [3.63, 3.8) is 0 Å². The van der Waals surface area contributed by atoms with E-state index in [0.29, 0.717) is 0 Å². The number of Topliss-reactive ketones (excluding diaryl/α,β-unsaturated/α-hetero) is 1. The van der Waals surface area contributed by atoms with Gasteiger partial charge in [0.05, 0.1) is 17.0 Å². The molecule has 24 heavy (non-hydrogen) atoms. The Morgan fingerprint density at radius 2 is 2.00 bits per heavy atom. The molecule has 1 N–H and O–H groups in total. The number of anilines is 1. The van der Waals surface area contributed by atoms with Gasteiger partial charge in [-0.15, -0.1) is 0 Å². The third kappa shape index (κ3) is 0.871. The summed E-state index contributed by atoms with van der Waals surface area (Å²) >= 11 is 0. The Kier molecular flexibility index (Phi) is 1.71. The largest absolute Gasteiger partial charge is 0.378 e. The van der Waals surface area contributed by atoms with Crippen LogP contribution in [0.4, 0.5) is 5.69 Å². The van der Waals surface area contributed by atoms with Gasteiger partial charge in [-0.1, -0.05) is 18.2 Å². The van der Waals surface area contributed by atoms with Gasteiger partial charge in [0, 0.05) is 18.2 Å². The molecule has 1 aromatic rings. The van der Waals surface area contributed by atoms with Gasteiger partial charge in [0.1, 0.15) is 5.92 Å². The number of para-hydroxylation sites is 1. The van der Waals surface area contributed by atoms with E-state index in [1.165, 1.54) is 24.1 Å². The summed E-state index contributed by atoms with van der Waals surface area (Å²) in [5, 5.41) is 3.83. The molecular weight excluding hydrogens is 300 g/mol. The van der Waals surface area contributed by atoms with Gasteiger partial charge in [-0.05, 0) is 49.1 Å². The SMILES string of the molecule is O=C1C2CC34CCCN5C(=O)C1C1(c6ccccc6NC21CC3)C54. The molecule has 3 heterocycles. The van der Waals surface area contributed by atoms with E-state index in [4.69, 9.17) is 0 Å². The predicted molar refractivity (Wildman–Crippen MR) is 87.5 cm³/mol. The molecule has 1 aromatic carbocycles. The molecule has 8 rings (SSSR count). The fraction of sp³-hybridized carbons (Fsp3) is 0.600. The van der Waals surface area contributed by atoms with Crippen LogP contribution >= 0.6 is 0 Å². The van der Waals surface area contributed by atoms with E-state index in [0.717, 1.165) is 25.8 Å². The molecule has 1 amide bonds. The molecule has 0 aromatic heterocycles. The van der Waals surface area contributed by atoms with Crippen LogP contribution in [-0.2, 0) is 15.0 Å². The lowest BCUT2D eigenvalue weighted by atomic mass is 9.41. The number of nitrogens with one attached hydrogen (secondary N) is 1. The highest BCUT2D eigenvalue weighted by Crippen LogP contribution is 2.79. The van der Waals surface area contributed by atoms with E-state index in [1.54, 1.807) is 0 Å². The highest BCUT2D eigenvalue weighted by atomic mass is 16.2. The molecule has 7 aliphatic rings. The lowest BCUT2D eigenvalue weighted by molar-refractivity contribution is -0.152. The first-order valence-corrected chi connectivity index (χ1v) is 9.38. The minimum atomic E-state index is -0.427. The van der Waals surface area contributed by atoms with E-state index in [-0.39, 0.29) is 40.0 Å². The van der Waals surface area contributed by atoms with Gasteiger partial charge in [-0.2, -0.15) is 0 Å². The zero-order chi connectivity index (χ0) is 15.9. The summed E-state index contributed by atoms with van der Waals surface area (Å²) < 4.78 is 0. The van der Waals surface area contributed by atoms with E-state index in [1.807, 2.05) is 0 Å². The zero-order valence-electron chi connectivity index (χ0n) is 13.5. The van der Waals surface area contributed by atoms with Gasteiger partial charge in [0.25, 0.3) is 0 Å². The first-order valence-electron chi connectivity index (χ1n) is 9.38. The average molecular weight is 320 g/mol. The number of piperidine rings is 1. The summed E-state index contributed by atoms with van der Waals surface area (Å²) in [6.07, 6.45) is 5.51. The number of hydrogen-bond acceptors (Lipinski definition) is 3. The van der Waals surface area contributed by atoms with Gasteiger partial charge < -0.3 is 10.2 Å². The standard InChI is InChI=1S/C20H20N2O2/c23-15-12-10-18-6-3-9-22-16(24)14(15)20(17(18)22)11-4-1-2-5-13(11)21-19(12,20)8-7-18/h1-2,4-5,12,14,17,21H,3,6-10H2. The van der Waals surface area contributed by atoms with Crippen molar-refractivity contribution < 1.29 is 9.59 Å². The molecule has 0 radical (unpaired) electrons. The smallest absolute Gasteiger partial charge is 0.234 e.